The van der Waals surface area contributed by atoms with Crippen LogP contribution in [-0.2, 0) is 9.59 Å². The Morgan fingerprint density at radius 1 is 1.37 bits per heavy atom. The molecule has 1 N–H and O–H groups in total. The third kappa shape index (κ3) is 3.96. The number of carboxylic acid groups (broad SMARTS) is 1. The summed E-state index contributed by atoms with van der Waals surface area (Å²) in [6, 6.07) is 5.28. The minimum absolute atomic E-state index is 0.0928. The zero-order valence-electron chi connectivity index (χ0n) is 11.3. The Morgan fingerprint density at radius 3 is 2.53 bits per heavy atom. The van der Waals surface area contributed by atoms with Gasteiger partial charge in [-0.15, -0.1) is 0 Å². The molecule has 104 valence electrons. The van der Waals surface area contributed by atoms with Crippen molar-refractivity contribution in [3.8, 4) is 0 Å². The molecular weight excluding hydrogens is 266 g/mol. The van der Waals surface area contributed by atoms with Crippen molar-refractivity contribution in [2.24, 2.45) is 5.92 Å². The predicted molar refractivity (Wildman–Crippen MR) is 75.6 cm³/mol. The largest absolute Gasteiger partial charge is 0.481 e. The van der Waals surface area contributed by atoms with E-state index in [0.29, 0.717) is 10.7 Å². The highest BCUT2D eigenvalue weighted by Gasteiger charge is 2.21. The lowest BCUT2D eigenvalue weighted by molar-refractivity contribution is -0.136. The van der Waals surface area contributed by atoms with E-state index in [4.69, 9.17) is 16.7 Å². The SMILES string of the molecule is Cc1c(Cl)cccc1N(CCC(=O)O)C(=O)C(C)C. The van der Waals surface area contributed by atoms with Crippen molar-refractivity contribution in [2.75, 3.05) is 11.4 Å². The third-order valence-electron chi connectivity index (χ3n) is 2.84. The normalized spacial score (nSPS) is 10.6. The highest BCUT2D eigenvalue weighted by molar-refractivity contribution is 6.31. The van der Waals surface area contributed by atoms with E-state index in [1.807, 2.05) is 6.92 Å². The highest BCUT2D eigenvalue weighted by atomic mass is 35.5. The van der Waals surface area contributed by atoms with Crippen LogP contribution in [0.15, 0.2) is 18.2 Å². The molecule has 0 heterocycles. The summed E-state index contributed by atoms with van der Waals surface area (Å²) in [5, 5.41) is 9.35. The lowest BCUT2D eigenvalue weighted by Gasteiger charge is -2.26. The van der Waals surface area contributed by atoms with E-state index in [2.05, 4.69) is 0 Å². The number of amides is 1. The number of anilines is 1. The van der Waals surface area contributed by atoms with Gasteiger partial charge in [-0.05, 0) is 24.6 Å². The zero-order valence-corrected chi connectivity index (χ0v) is 12.1. The van der Waals surface area contributed by atoms with E-state index in [-0.39, 0.29) is 24.8 Å². The van der Waals surface area contributed by atoms with Gasteiger partial charge in [-0.3, -0.25) is 9.59 Å². The van der Waals surface area contributed by atoms with Gasteiger partial charge in [0, 0.05) is 23.2 Å². The van der Waals surface area contributed by atoms with Gasteiger partial charge in [0.15, 0.2) is 0 Å². The second kappa shape index (κ2) is 6.57. The number of halogens is 1. The van der Waals surface area contributed by atoms with Gasteiger partial charge in [-0.25, -0.2) is 0 Å². The first-order valence-electron chi connectivity index (χ1n) is 6.13. The number of hydrogen-bond donors (Lipinski definition) is 1. The Balaban J connectivity index is 3.11. The third-order valence-corrected chi connectivity index (χ3v) is 3.25. The minimum Gasteiger partial charge on any atom is -0.481 e. The summed E-state index contributed by atoms with van der Waals surface area (Å²) in [6.45, 7) is 5.54. The molecule has 0 aliphatic carbocycles. The summed E-state index contributed by atoms with van der Waals surface area (Å²) < 4.78 is 0. The maximum Gasteiger partial charge on any atom is 0.305 e. The van der Waals surface area contributed by atoms with Crippen LogP contribution in [0.3, 0.4) is 0 Å². The first-order chi connectivity index (χ1) is 8.84. The fourth-order valence-corrected chi connectivity index (χ4v) is 1.93. The zero-order chi connectivity index (χ0) is 14.6. The summed E-state index contributed by atoms with van der Waals surface area (Å²) in [5.74, 6) is -1.24. The molecule has 4 nitrogen and oxygen atoms in total. The molecule has 0 fully saturated rings. The molecule has 0 saturated heterocycles. The van der Waals surface area contributed by atoms with Crippen LogP contribution in [0.1, 0.15) is 25.8 Å². The first-order valence-corrected chi connectivity index (χ1v) is 6.50. The van der Waals surface area contributed by atoms with Crippen LogP contribution in [0.5, 0.6) is 0 Å². The number of carboxylic acids is 1. The number of benzene rings is 1. The fraction of sp³-hybridized carbons (Fsp3) is 0.429. The monoisotopic (exact) mass is 283 g/mol. The van der Waals surface area contributed by atoms with Gasteiger partial charge in [0.25, 0.3) is 0 Å². The van der Waals surface area contributed by atoms with Crippen LogP contribution in [0.2, 0.25) is 5.02 Å². The van der Waals surface area contributed by atoms with E-state index >= 15 is 0 Å². The second-order valence-electron chi connectivity index (χ2n) is 4.67. The second-order valence-corrected chi connectivity index (χ2v) is 5.08. The van der Waals surface area contributed by atoms with Crippen molar-refractivity contribution in [2.45, 2.75) is 27.2 Å². The van der Waals surface area contributed by atoms with Crippen molar-refractivity contribution in [3.05, 3.63) is 28.8 Å². The van der Waals surface area contributed by atoms with Crippen molar-refractivity contribution >= 4 is 29.2 Å². The molecule has 19 heavy (non-hydrogen) atoms. The lowest BCUT2D eigenvalue weighted by Crippen LogP contribution is -2.36. The molecule has 1 aromatic carbocycles. The van der Waals surface area contributed by atoms with Gasteiger partial charge in [-0.1, -0.05) is 31.5 Å². The molecule has 1 amide bonds. The number of aliphatic carboxylic acids is 1. The molecule has 0 saturated carbocycles. The molecule has 0 unspecified atom stereocenters. The molecule has 0 radical (unpaired) electrons. The lowest BCUT2D eigenvalue weighted by atomic mass is 10.1. The Bertz CT molecular complexity index is 486. The van der Waals surface area contributed by atoms with Gasteiger partial charge in [-0.2, -0.15) is 0 Å². The number of carbonyl (C=O) groups is 2. The summed E-state index contributed by atoms with van der Waals surface area (Å²) in [7, 11) is 0. The summed E-state index contributed by atoms with van der Waals surface area (Å²) >= 11 is 6.05. The van der Waals surface area contributed by atoms with E-state index < -0.39 is 5.97 Å². The molecule has 5 heteroatoms. The van der Waals surface area contributed by atoms with Crippen molar-refractivity contribution in [1.82, 2.24) is 0 Å². The minimum atomic E-state index is -0.929. The molecule has 0 spiro atoms. The van der Waals surface area contributed by atoms with Gasteiger partial charge in [0.2, 0.25) is 5.91 Å². The number of hydrogen-bond acceptors (Lipinski definition) is 2. The van der Waals surface area contributed by atoms with Crippen LogP contribution in [0.25, 0.3) is 0 Å². The van der Waals surface area contributed by atoms with Gasteiger partial charge >= 0.3 is 5.97 Å². The Morgan fingerprint density at radius 2 is 2.00 bits per heavy atom. The molecule has 0 aromatic heterocycles. The van der Waals surface area contributed by atoms with E-state index in [1.165, 1.54) is 4.90 Å². The van der Waals surface area contributed by atoms with Crippen LogP contribution >= 0.6 is 11.6 Å². The maximum atomic E-state index is 12.2. The quantitative estimate of drug-likeness (QED) is 0.903. The molecule has 1 aromatic rings. The van der Waals surface area contributed by atoms with E-state index in [0.717, 1.165) is 5.56 Å². The number of nitrogens with zero attached hydrogens (tertiary/aromatic N) is 1. The number of rotatable bonds is 5. The van der Waals surface area contributed by atoms with E-state index in [9.17, 15) is 9.59 Å². The average Bonchev–Trinajstić information content (AvgIpc) is 2.33. The molecule has 0 bridgehead atoms. The Hall–Kier alpha value is -1.55. The topological polar surface area (TPSA) is 57.6 Å². The predicted octanol–water partition coefficient (Wildman–Crippen LogP) is 3.11. The smallest absolute Gasteiger partial charge is 0.305 e. The van der Waals surface area contributed by atoms with Crippen molar-refractivity contribution in [1.29, 1.82) is 0 Å². The van der Waals surface area contributed by atoms with Crippen LogP contribution in [0.4, 0.5) is 5.69 Å². The molecule has 0 atom stereocenters. The van der Waals surface area contributed by atoms with Crippen LogP contribution < -0.4 is 4.90 Å². The van der Waals surface area contributed by atoms with Crippen molar-refractivity contribution in [3.63, 3.8) is 0 Å². The van der Waals surface area contributed by atoms with Crippen molar-refractivity contribution < 1.29 is 14.7 Å². The van der Waals surface area contributed by atoms with Gasteiger partial charge in [0.05, 0.1) is 6.42 Å². The molecule has 0 aliphatic rings. The van der Waals surface area contributed by atoms with Gasteiger partial charge < -0.3 is 10.0 Å². The Kier molecular flexibility index (Phi) is 5.36. The summed E-state index contributed by atoms with van der Waals surface area (Å²) in [5.41, 5.74) is 1.45. The fourth-order valence-electron chi connectivity index (χ4n) is 1.76. The molecule has 1 rings (SSSR count). The average molecular weight is 284 g/mol. The van der Waals surface area contributed by atoms with Crippen LogP contribution in [-0.4, -0.2) is 23.5 Å². The van der Waals surface area contributed by atoms with Gasteiger partial charge in [0.1, 0.15) is 0 Å². The molecular formula is C14H18ClNO3. The maximum absolute atomic E-state index is 12.2. The highest BCUT2D eigenvalue weighted by Crippen LogP contribution is 2.27. The van der Waals surface area contributed by atoms with E-state index in [1.54, 1.807) is 32.0 Å². The molecule has 0 aliphatic heterocycles. The standard InChI is InChI=1S/C14H18ClNO3/c1-9(2)14(19)16(8-7-13(17)18)12-6-4-5-11(15)10(12)3/h4-6,9H,7-8H2,1-3H3,(H,17,18). The number of carbonyl (C=O) groups excluding carboxylic acids is 1. The van der Waals surface area contributed by atoms with Crippen LogP contribution in [0, 0.1) is 12.8 Å². The first kappa shape index (κ1) is 15.5. The summed E-state index contributed by atoms with van der Waals surface area (Å²) in [4.78, 5) is 24.4. The summed E-state index contributed by atoms with van der Waals surface area (Å²) in [6.07, 6.45) is -0.0928. The Labute approximate surface area is 118 Å².